The summed E-state index contributed by atoms with van der Waals surface area (Å²) in [7, 11) is 3.55. The van der Waals surface area contributed by atoms with Gasteiger partial charge in [-0.25, -0.2) is 0 Å². The second-order valence-corrected chi connectivity index (χ2v) is 4.16. The van der Waals surface area contributed by atoms with Crippen molar-refractivity contribution < 1.29 is 9.53 Å². The van der Waals surface area contributed by atoms with Crippen LogP contribution in [-0.4, -0.2) is 50.7 Å². The zero-order valence-electron chi connectivity index (χ0n) is 9.79. The van der Waals surface area contributed by atoms with Gasteiger partial charge in [-0.05, 0) is 25.8 Å². The lowest BCUT2D eigenvalue weighted by Gasteiger charge is -2.19. The zero-order chi connectivity index (χ0) is 11.1. The Morgan fingerprint density at radius 3 is 3.00 bits per heavy atom. The molecule has 1 fully saturated rings. The molecule has 0 saturated carbocycles. The van der Waals surface area contributed by atoms with E-state index in [9.17, 15) is 4.79 Å². The van der Waals surface area contributed by atoms with Crippen molar-refractivity contribution >= 4 is 5.91 Å². The van der Waals surface area contributed by atoms with Crippen LogP contribution in [0.4, 0.5) is 0 Å². The van der Waals surface area contributed by atoms with Gasteiger partial charge < -0.3 is 15.0 Å². The van der Waals surface area contributed by atoms with Crippen LogP contribution in [0.5, 0.6) is 0 Å². The quantitative estimate of drug-likeness (QED) is 0.659. The monoisotopic (exact) mass is 214 g/mol. The predicted octanol–water partition coefficient (Wildman–Crippen LogP) is 0.623. The fraction of sp³-hybridized carbons (Fsp3) is 0.909. The molecule has 1 atom stereocenters. The van der Waals surface area contributed by atoms with Gasteiger partial charge in [-0.2, -0.15) is 0 Å². The smallest absolute Gasteiger partial charge is 0.223 e. The normalized spacial score (nSPS) is 20.5. The van der Waals surface area contributed by atoms with Gasteiger partial charge in [-0.1, -0.05) is 0 Å². The van der Waals surface area contributed by atoms with Crippen molar-refractivity contribution in [2.75, 3.05) is 33.9 Å². The molecule has 0 spiro atoms. The summed E-state index contributed by atoms with van der Waals surface area (Å²) in [4.78, 5) is 13.5. The summed E-state index contributed by atoms with van der Waals surface area (Å²) in [5.74, 6) is 0.241. The first-order valence-corrected chi connectivity index (χ1v) is 5.70. The van der Waals surface area contributed by atoms with Crippen LogP contribution in [0.2, 0.25) is 0 Å². The van der Waals surface area contributed by atoms with E-state index in [1.54, 1.807) is 12.0 Å². The van der Waals surface area contributed by atoms with Crippen LogP contribution in [-0.2, 0) is 9.53 Å². The molecular formula is C11H22N2O2. The topological polar surface area (TPSA) is 41.6 Å². The molecule has 0 aliphatic carbocycles. The first-order chi connectivity index (χ1) is 7.24. The fourth-order valence-corrected chi connectivity index (χ4v) is 1.87. The molecule has 0 bridgehead atoms. The van der Waals surface area contributed by atoms with Gasteiger partial charge in [0.15, 0.2) is 0 Å². The van der Waals surface area contributed by atoms with Crippen LogP contribution < -0.4 is 5.32 Å². The second-order valence-electron chi connectivity index (χ2n) is 4.16. The third kappa shape index (κ3) is 4.62. The molecule has 88 valence electrons. The number of ether oxygens (including phenoxy) is 1. The molecule has 15 heavy (non-hydrogen) atoms. The molecule has 1 rings (SSSR count). The van der Waals surface area contributed by atoms with Crippen molar-refractivity contribution in [3.05, 3.63) is 0 Å². The average Bonchev–Trinajstić information content (AvgIpc) is 2.70. The van der Waals surface area contributed by atoms with Crippen LogP contribution in [0.15, 0.2) is 0 Å². The highest BCUT2D eigenvalue weighted by Gasteiger charge is 2.19. The number of hydrogen-bond acceptors (Lipinski definition) is 3. The maximum absolute atomic E-state index is 11.7. The van der Waals surface area contributed by atoms with E-state index in [0.717, 1.165) is 32.5 Å². The van der Waals surface area contributed by atoms with Crippen molar-refractivity contribution in [3.8, 4) is 0 Å². The molecule has 1 saturated heterocycles. The molecule has 1 aliphatic heterocycles. The Balaban J connectivity index is 2.14. The number of hydrogen-bond donors (Lipinski definition) is 1. The highest BCUT2D eigenvalue weighted by atomic mass is 16.5. The Kier molecular flexibility index (Phi) is 5.65. The number of nitrogens with one attached hydrogen (secondary N) is 1. The molecule has 1 N–H and O–H groups in total. The molecule has 1 aliphatic rings. The van der Waals surface area contributed by atoms with E-state index >= 15 is 0 Å². The summed E-state index contributed by atoms with van der Waals surface area (Å²) in [6, 6.07) is 0.405. The lowest BCUT2D eigenvalue weighted by atomic mass is 10.1. The third-order valence-electron chi connectivity index (χ3n) is 2.85. The van der Waals surface area contributed by atoms with Crippen molar-refractivity contribution in [1.29, 1.82) is 0 Å². The van der Waals surface area contributed by atoms with E-state index in [1.807, 2.05) is 7.05 Å². The fourth-order valence-electron chi connectivity index (χ4n) is 1.87. The third-order valence-corrected chi connectivity index (χ3v) is 2.85. The standard InChI is InChI=1S/C11H22N2O2/c1-13(7-4-8-15-2)11(14)9-10-5-3-6-12-10/h10,12H,3-9H2,1-2H3. The van der Waals surface area contributed by atoms with Crippen LogP contribution in [0.3, 0.4) is 0 Å². The zero-order valence-corrected chi connectivity index (χ0v) is 9.79. The summed E-state index contributed by atoms with van der Waals surface area (Å²) in [6.45, 7) is 2.57. The number of carbonyl (C=O) groups is 1. The maximum Gasteiger partial charge on any atom is 0.223 e. The van der Waals surface area contributed by atoms with Gasteiger partial charge >= 0.3 is 0 Å². The summed E-state index contributed by atoms with van der Waals surface area (Å²) in [6.07, 6.45) is 3.89. The molecule has 0 aromatic heterocycles. The Labute approximate surface area is 92.0 Å². The van der Waals surface area contributed by atoms with E-state index < -0.39 is 0 Å². The minimum absolute atomic E-state index is 0.241. The molecule has 0 radical (unpaired) electrons. The summed E-state index contributed by atoms with van der Waals surface area (Å²) < 4.78 is 4.96. The number of amides is 1. The minimum atomic E-state index is 0.241. The van der Waals surface area contributed by atoms with Crippen molar-refractivity contribution in [1.82, 2.24) is 10.2 Å². The molecule has 1 heterocycles. The highest BCUT2D eigenvalue weighted by molar-refractivity contribution is 5.76. The number of methoxy groups -OCH3 is 1. The van der Waals surface area contributed by atoms with Gasteiger partial charge in [0.1, 0.15) is 0 Å². The van der Waals surface area contributed by atoms with E-state index in [-0.39, 0.29) is 5.91 Å². The molecular weight excluding hydrogens is 192 g/mol. The van der Waals surface area contributed by atoms with Gasteiger partial charge in [-0.15, -0.1) is 0 Å². The van der Waals surface area contributed by atoms with Crippen LogP contribution in [0.1, 0.15) is 25.7 Å². The van der Waals surface area contributed by atoms with E-state index in [4.69, 9.17) is 4.74 Å². The average molecular weight is 214 g/mol. The molecule has 4 nitrogen and oxygen atoms in total. The van der Waals surface area contributed by atoms with Gasteiger partial charge in [0, 0.05) is 39.8 Å². The van der Waals surface area contributed by atoms with Gasteiger partial charge in [0.05, 0.1) is 0 Å². The maximum atomic E-state index is 11.7. The largest absolute Gasteiger partial charge is 0.385 e. The van der Waals surface area contributed by atoms with Crippen LogP contribution in [0.25, 0.3) is 0 Å². The Bertz CT molecular complexity index is 191. The first kappa shape index (κ1) is 12.5. The SMILES string of the molecule is COCCCN(C)C(=O)CC1CCCN1. The molecule has 0 aromatic carbocycles. The van der Waals surface area contributed by atoms with Crippen molar-refractivity contribution in [2.45, 2.75) is 31.7 Å². The van der Waals surface area contributed by atoms with Crippen LogP contribution in [0, 0.1) is 0 Å². The van der Waals surface area contributed by atoms with Gasteiger partial charge in [-0.3, -0.25) is 4.79 Å². The Morgan fingerprint density at radius 2 is 2.40 bits per heavy atom. The molecule has 1 unspecified atom stereocenters. The summed E-state index contributed by atoms with van der Waals surface area (Å²) >= 11 is 0. The Hall–Kier alpha value is -0.610. The van der Waals surface area contributed by atoms with E-state index in [0.29, 0.717) is 12.5 Å². The number of nitrogens with zero attached hydrogens (tertiary/aromatic N) is 1. The molecule has 1 amide bonds. The van der Waals surface area contributed by atoms with Crippen LogP contribution >= 0.6 is 0 Å². The Morgan fingerprint density at radius 1 is 1.60 bits per heavy atom. The minimum Gasteiger partial charge on any atom is -0.385 e. The van der Waals surface area contributed by atoms with E-state index in [2.05, 4.69) is 5.32 Å². The number of rotatable bonds is 6. The first-order valence-electron chi connectivity index (χ1n) is 5.70. The predicted molar refractivity (Wildman–Crippen MR) is 59.8 cm³/mol. The lowest BCUT2D eigenvalue weighted by molar-refractivity contribution is -0.130. The summed E-state index contributed by atoms with van der Waals surface area (Å²) in [5.41, 5.74) is 0. The van der Waals surface area contributed by atoms with Gasteiger partial charge in [0.25, 0.3) is 0 Å². The highest BCUT2D eigenvalue weighted by Crippen LogP contribution is 2.09. The number of carbonyl (C=O) groups excluding carboxylic acids is 1. The molecule has 4 heteroatoms. The lowest BCUT2D eigenvalue weighted by Crippen LogP contribution is -2.34. The van der Waals surface area contributed by atoms with Crippen molar-refractivity contribution in [3.63, 3.8) is 0 Å². The van der Waals surface area contributed by atoms with Crippen molar-refractivity contribution in [2.24, 2.45) is 0 Å². The summed E-state index contributed by atoms with van der Waals surface area (Å²) in [5, 5.41) is 3.34. The second kappa shape index (κ2) is 6.80. The van der Waals surface area contributed by atoms with E-state index in [1.165, 1.54) is 6.42 Å². The van der Waals surface area contributed by atoms with Gasteiger partial charge in [0.2, 0.25) is 5.91 Å². The molecule has 0 aromatic rings.